The highest BCUT2D eigenvalue weighted by atomic mass is 16.3. The van der Waals surface area contributed by atoms with E-state index in [1.165, 1.54) is 16.5 Å². The molecule has 48 heavy (non-hydrogen) atoms. The molecule has 0 fully saturated rings. The molecule has 0 N–H and O–H groups in total. The van der Waals surface area contributed by atoms with E-state index in [1.54, 1.807) is 0 Å². The molecule has 1 heterocycles. The van der Waals surface area contributed by atoms with Gasteiger partial charge in [-0.3, -0.25) is 0 Å². The summed E-state index contributed by atoms with van der Waals surface area (Å²) in [5, 5.41) is 4.55. The van der Waals surface area contributed by atoms with Crippen molar-refractivity contribution < 1.29 is 4.42 Å². The van der Waals surface area contributed by atoms with Crippen molar-refractivity contribution >= 4 is 49.8 Å². The molecule has 2 nitrogen and oxygen atoms in total. The Kier molecular flexibility index (Phi) is 6.84. The van der Waals surface area contributed by atoms with Gasteiger partial charge in [0.05, 0.1) is 11.4 Å². The van der Waals surface area contributed by atoms with Crippen LogP contribution in [0.1, 0.15) is 0 Å². The number of nitrogens with zero attached hydrogens (tertiary/aromatic N) is 1. The van der Waals surface area contributed by atoms with E-state index in [0.717, 1.165) is 66.6 Å². The zero-order valence-corrected chi connectivity index (χ0v) is 26.3. The van der Waals surface area contributed by atoms with Gasteiger partial charge in [-0.15, -0.1) is 0 Å². The largest absolute Gasteiger partial charge is 0.455 e. The summed E-state index contributed by atoms with van der Waals surface area (Å²) in [7, 11) is 0. The summed E-state index contributed by atoms with van der Waals surface area (Å²) in [6, 6.07) is 66.8. The summed E-state index contributed by atoms with van der Waals surface area (Å²) in [5.41, 5.74) is 12.0. The van der Waals surface area contributed by atoms with Crippen LogP contribution in [0.2, 0.25) is 0 Å². The number of benzene rings is 8. The first-order valence-corrected chi connectivity index (χ1v) is 16.4. The van der Waals surface area contributed by atoms with Gasteiger partial charge in [0.2, 0.25) is 0 Å². The first-order valence-electron chi connectivity index (χ1n) is 16.4. The first-order chi connectivity index (χ1) is 23.8. The van der Waals surface area contributed by atoms with E-state index in [2.05, 4.69) is 193 Å². The smallest absolute Gasteiger partial charge is 0.143 e. The van der Waals surface area contributed by atoms with E-state index in [1.807, 2.05) is 0 Å². The molecule has 9 rings (SSSR count). The number of hydrogen-bond acceptors (Lipinski definition) is 2. The predicted octanol–water partition coefficient (Wildman–Crippen LogP) is 13.2. The van der Waals surface area contributed by atoms with Gasteiger partial charge in [-0.2, -0.15) is 0 Å². The Morgan fingerprint density at radius 1 is 0.312 bits per heavy atom. The fourth-order valence-electron chi connectivity index (χ4n) is 7.01. The number of para-hydroxylation sites is 4. The van der Waals surface area contributed by atoms with E-state index < -0.39 is 0 Å². The van der Waals surface area contributed by atoms with Gasteiger partial charge in [0.15, 0.2) is 0 Å². The van der Waals surface area contributed by atoms with Crippen LogP contribution in [0.3, 0.4) is 0 Å². The average molecular weight is 614 g/mol. The van der Waals surface area contributed by atoms with Crippen LogP contribution in [0, 0.1) is 0 Å². The van der Waals surface area contributed by atoms with Crippen molar-refractivity contribution in [1.29, 1.82) is 0 Å². The van der Waals surface area contributed by atoms with E-state index in [-0.39, 0.29) is 0 Å². The second-order valence-electron chi connectivity index (χ2n) is 12.1. The van der Waals surface area contributed by atoms with Crippen molar-refractivity contribution in [2.75, 3.05) is 4.90 Å². The fraction of sp³-hybridized carbons (Fsp3) is 0. The Morgan fingerprint density at radius 3 is 1.65 bits per heavy atom. The van der Waals surface area contributed by atoms with E-state index in [9.17, 15) is 0 Å². The van der Waals surface area contributed by atoms with Crippen molar-refractivity contribution in [2.24, 2.45) is 0 Å². The summed E-state index contributed by atoms with van der Waals surface area (Å²) in [6.07, 6.45) is 0. The summed E-state index contributed by atoms with van der Waals surface area (Å²) in [6.45, 7) is 0. The molecule has 0 bridgehead atoms. The molecule has 8 aromatic carbocycles. The molecule has 0 saturated carbocycles. The minimum absolute atomic E-state index is 0.897. The Hall–Kier alpha value is -6.38. The highest BCUT2D eigenvalue weighted by Gasteiger charge is 2.22. The first kappa shape index (κ1) is 27.9. The molecule has 0 amide bonds. The van der Waals surface area contributed by atoms with Gasteiger partial charge >= 0.3 is 0 Å². The van der Waals surface area contributed by atoms with Crippen molar-refractivity contribution in [3.05, 3.63) is 188 Å². The maximum Gasteiger partial charge on any atom is 0.143 e. The summed E-state index contributed by atoms with van der Waals surface area (Å²) < 4.78 is 6.82. The minimum Gasteiger partial charge on any atom is -0.455 e. The molecule has 0 unspecified atom stereocenters. The number of rotatable bonds is 6. The highest BCUT2D eigenvalue weighted by molar-refractivity contribution is 6.17. The van der Waals surface area contributed by atoms with Gasteiger partial charge in [-0.05, 0) is 52.4 Å². The van der Waals surface area contributed by atoms with Crippen LogP contribution in [0.4, 0.5) is 17.1 Å². The van der Waals surface area contributed by atoms with Gasteiger partial charge < -0.3 is 9.32 Å². The molecule has 0 aliphatic carbocycles. The number of anilines is 3. The maximum atomic E-state index is 6.82. The Morgan fingerprint density at radius 2 is 0.854 bits per heavy atom. The van der Waals surface area contributed by atoms with Crippen LogP contribution in [0.5, 0.6) is 0 Å². The van der Waals surface area contributed by atoms with Gasteiger partial charge in [-0.25, -0.2) is 0 Å². The lowest BCUT2D eigenvalue weighted by atomic mass is 9.96. The number of fused-ring (bicyclic) bond motifs is 5. The van der Waals surface area contributed by atoms with Crippen LogP contribution < -0.4 is 4.90 Å². The molecule has 226 valence electrons. The lowest BCUT2D eigenvalue weighted by Crippen LogP contribution is -2.12. The molecule has 1 aromatic heterocycles. The standard InChI is InChI=1S/C46H31NO/c1-3-14-32(15-4-1)33-26-28-35(29-27-33)37-19-9-11-24-43(37)47(36-17-5-2-6-18-36)44-25-12-10-21-39(44)40-22-13-23-41-42-31-30-34-16-7-8-20-38(34)45(42)48-46(40)41/h1-31H. The van der Waals surface area contributed by atoms with Crippen LogP contribution in [-0.2, 0) is 0 Å². The van der Waals surface area contributed by atoms with Crippen molar-refractivity contribution in [2.45, 2.75) is 0 Å². The van der Waals surface area contributed by atoms with Gasteiger partial charge in [-0.1, -0.05) is 158 Å². The van der Waals surface area contributed by atoms with Crippen LogP contribution in [-0.4, -0.2) is 0 Å². The van der Waals surface area contributed by atoms with Gasteiger partial charge in [0.25, 0.3) is 0 Å². The normalized spacial score (nSPS) is 11.3. The summed E-state index contributed by atoms with van der Waals surface area (Å²) in [4.78, 5) is 2.38. The van der Waals surface area contributed by atoms with Crippen molar-refractivity contribution in [3.8, 4) is 33.4 Å². The predicted molar refractivity (Wildman–Crippen MR) is 202 cm³/mol. The van der Waals surface area contributed by atoms with Crippen molar-refractivity contribution in [3.63, 3.8) is 0 Å². The zero-order chi connectivity index (χ0) is 31.9. The molecule has 0 spiro atoms. The number of hydrogen-bond donors (Lipinski definition) is 0. The molecule has 0 aliphatic rings. The summed E-state index contributed by atoms with van der Waals surface area (Å²) in [5.74, 6) is 0. The average Bonchev–Trinajstić information content (AvgIpc) is 3.56. The summed E-state index contributed by atoms with van der Waals surface area (Å²) >= 11 is 0. The lowest BCUT2D eigenvalue weighted by Gasteiger charge is -2.30. The third kappa shape index (κ3) is 4.74. The van der Waals surface area contributed by atoms with Crippen LogP contribution >= 0.6 is 0 Å². The third-order valence-electron chi connectivity index (χ3n) is 9.29. The molecule has 9 aromatic rings. The van der Waals surface area contributed by atoms with Gasteiger partial charge in [0.1, 0.15) is 11.2 Å². The Labute approximate surface area is 279 Å². The van der Waals surface area contributed by atoms with E-state index >= 15 is 0 Å². The van der Waals surface area contributed by atoms with Crippen molar-refractivity contribution in [1.82, 2.24) is 0 Å². The molecule has 0 atom stereocenters. The topological polar surface area (TPSA) is 16.4 Å². The molecular formula is C46H31NO. The van der Waals surface area contributed by atoms with E-state index in [4.69, 9.17) is 4.42 Å². The molecule has 0 radical (unpaired) electrons. The quantitative estimate of drug-likeness (QED) is 0.185. The molecule has 0 aliphatic heterocycles. The molecule has 2 heteroatoms. The molecule has 0 saturated heterocycles. The number of furan rings is 1. The monoisotopic (exact) mass is 613 g/mol. The Balaban J connectivity index is 1.24. The second kappa shape index (κ2) is 11.8. The zero-order valence-electron chi connectivity index (χ0n) is 26.3. The fourth-order valence-corrected chi connectivity index (χ4v) is 7.01. The Bertz CT molecular complexity index is 2550. The molecular weight excluding hydrogens is 583 g/mol. The second-order valence-corrected chi connectivity index (χ2v) is 12.1. The third-order valence-corrected chi connectivity index (χ3v) is 9.29. The van der Waals surface area contributed by atoms with Crippen LogP contribution in [0.15, 0.2) is 192 Å². The highest BCUT2D eigenvalue weighted by Crippen LogP contribution is 2.47. The maximum absolute atomic E-state index is 6.82. The minimum atomic E-state index is 0.897. The van der Waals surface area contributed by atoms with Crippen LogP contribution in [0.25, 0.3) is 66.1 Å². The van der Waals surface area contributed by atoms with Gasteiger partial charge in [0, 0.05) is 38.5 Å². The van der Waals surface area contributed by atoms with E-state index in [0.29, 0.717) is 0 Å². The lowest BCUT2D eigenvalue weighted by molar-refractivity contribution is 0.674. The SMILES string of the molecule is c1ccc(-c2ccc(-c3ccccc3N(c3ccccc3)c3ccccc3-c3cccc4c3oc3c5ccccc5ccc43)cc2)cc1.